The van der Waals surface area contributed by atoms with Gasteiger partial charge in [0.1, 0.15) is 11.5 Å². The fraction of sp³-hybridized carbons (Fsp3) is 0.211. The van der Waals surface area contributed by atoms with Crippen molar-refractivity contribution in [3.63, 3.8) is 0 Å². The minimum atomic E-state index is 0.0198. The van der Waals surface area contributed by atoms with Crippen LogP contribution >= 0.6 is 23.2 Å². The van der Waals surface area contributed by atoms with Gasteiger partial charge >= 0.3 is 0 Å². The molecule has 0 saturated heterocycles. The van der Waals surface area contributed by atoms with Crippen LogP contribution in [0.3, 0.4) is 0 Å². The minimum Gasteiger partial charge on any atom is -0.493 e. The van der Waals surface area contributed by atoms with Gasteiger partial charge in [0.25, 0.3) is 0 Å². The zero-order valence-corrected chi connectivity index (χ0v) is 17.0. The average molecular weight is 422 g/mol. The zero-order chi connectivity index (χ0) is 20.4. The number of nitrogens with one attached hydrogen (secondary N) is 1. The monoisotopic (exact) mass is 421 g/mol. The van der Waals surface area contributed by atoms with Crippen molar-refractivity contribution >= 4 is 41.6 Å². The second kappa shape index (κ2) is 11.2. The fourth-order valence-electron chi connectivity index (χ4n) is 2.13. The van der Waals surface area contributed by atoms with Crippen molar-refractivity contribution in [1.29, 1.82) is 0 Å². The summed E-state index contributed by atoms with van der Waals surface area (Å²) in [6.45, 7) is 4.80. The molecular formula is C19H21Cl2N5O2. The van der Waals surface area contributed by atoms with Crippen LogP contribution in [0.5, 0.6) is 11.5 Å². The first-order chi connectivity index (χ1) is 13.5. The Hall–Kier alpha value is -2.77. The van der Waals surface area contributed by atoms with E-state index in [2.05, 4.69) is 20.7 Å². The quantitative estimate of drug-likeness (QED) is 0.381. The zero-order valence-electron chi connectivity index (χ0n) is 15.5. The Bertz CT molecular complexity index is 885. The molecule has 2 aromatic carbocycles. The van der Waals surface area contributed by atoms with Gasteiger partial charge < -0.3 is 15.2 Å². The molecule has 0 spiro atoms. The smallest absolute Gasteiger partial charge is 0.234 e. The first-order valence-electron chi connectivity index (χ1n) is 8.53. The molecule has 0 aromatic heterocycles. The fourth-order valence-corrected chi connectivity index (χ4v) is 2.46. The summed E-state index contributed by atoms with van der Waals surface area (Å²) >= 11 is 11.9. The lowest BCUT2D eigenvalue weighted by atomic mass is 10.2. The summed E-state index contributed by atoms with van der Waals surface area (Å²) in [6, 6.07) is 10.5. The minimum absolute atomic E-state index is 0.0198. The SMILES string of the molecule is CCOc1cc(Cl)ccc1/C=N/N=C(/N)N/N=C/c1ccc(Cl)cc1OCC. The van der Waals surface area contributed by atoms with Gasteiger partial charge in [0, 0.05) is 21.2 Å². The van der Waals surface area contributed by atoms with Crippen molar-refractivity contribution in [2.24, 2.45) is 21.0 Å². The molecule has 0 aliphatic rings. The number of hydrogen-bond donors (Lipinski definition) is 2. The molecule has 0 heterocycles. The van der Waals surface area contributed by atoms with Crippen LogP contribution in [0.25, 0.3) is 0 Å². The Labute approximate surface area is 173 Å². The van der Waals surface area contributed by atoms with E-state index in [9.17, 15) is 0 Å². The number of hydrazone groups is 1. The van der Waals surface area contributed by atoms with Crippen molar-refractivity contribution in [2.45, 2.75) is 13.8 Å². The second-order valence-electron chi connectivity index (χ2n) is 5.33. The molecule has 3 N–H and O–H groups in total. The van der Waals surface area contributed by atoms with Crippen molar-refractivity contribution < 1.29 is 9.47 Å². The van der Waals surface area contributed by atoms with Gasteiger partial charge in [-0.05, 0) is 50.2 Å². The van der Waals surface area contributed by atoms with Gasteiger partial charge in [-0.25, -0.2) is 5.43 Å². The molecule has 28 heavy (non-hydrogen) atoms. The van der Waals surface area contributed by atoms with Gasteiger partial charge in [0.2, 0.25) is 5.96 Å². The molecule has 9 heteroatoms. The van der Waals surface area contributed by atoms with Crippen molar-refractivity contribution in [1.82, 2.24) is 5.43 Å². The molecule has 0 atom stereocenters. The van der Waals surface area contributed by atoms with E-state index >= 15 is 0 Å². The molecule has 0 unspecified atom stereocenters. The standard InChI is InChI=1S/C19H21Cl2N5O2/c1-3-27-17-9-15(20)7-5-13(17)11-23-25-19(22)26-24-12-14-6-8-16(21)10-18(14)28-4-2/h5-12H,3-4H2,1-2H3,(H3,22,25,26)/b23-11+,24-12+. The molecule has 2 rings (SSSR count). The largest absolute Gasteiger partial charge is 0.493 e. The van der Waals surface area contributed by atoms with Gasteiger partial charge in [0.15, 0.2) is 0 Å². The third-order valence-electron chi connectivity index (χ3n) is 3.30. The molecule has 0 aliphatic heterocycles. The first kappa shape index (κ1) is 21.5. The number of nitrogens with two attached hydrogens (primary N) is 1. The summed E-state index contributed by atoms with van der Waals surface area (Å²) in [7, 11) is 0. The number of benzene rings is 2. The predicted molar refractivity (Wildman–Crippen MR) is 115 cm³/mol. The number of halogens is 2. The summed E-state index contributed by atoms with van der Waals surface area (Å²) in [5, 5.41) is 13.0. The van der Waals surface area contributed by atoms with Crippen LogP contribution in [0, 0.1) is 0 Å². The van der Waals surface area contributed by atoms with Gasteiger partial charge in [-0.2, -0.15) is 10.2 Å². The van der Waals surface area contributed by atoms with E-state index in [1.165, 1.54) is 6.21 Å². The van der Waals surface area contributed by atoms with Gasteiger partial charge in [-0.3, -0.25) is 0 Å². The lowest BCUT2D eigenvalue weighted by Gasteiger charge is -2.07. The Kier molecular flexibility index (Phi) is 8.58. The second-order valence-corrected chi connectivity index (χ2v) is 6.20. The number of hydrogen-bond acceptors (Lipinski definition) is 5. The highest BCUT2D eigenvalue weighted by Gasteiger charge is 2.03. The van der Waals surface area contributed by atoms with Crippen LogP contribution in [0.1, 0.15) is 25.0 Å². The average Bonchev–Trinajstić information content (AvgIpc) is 2.66. The highest BCUT2D eigenvalue weighted by Crippen LogP contribution is 2.23. The van der Waals surface area contributed by atoms with E-state index in [0.717, 1.165) is 11.1 Å². The molecule has 0 saturated carbocycles. The molecule has 0 amide bonds. The number of guanidine groups is 1. The summed E-state index contributed by atoms with van der Waals surface area (Å²) in [5.74, 6) is 1.26. The molecule has 0 radical (unpaired) electrons. The number of ether oxygens (including phenoxy) is 2. The Morgan fingerprint density at radius 2 is 1.50 bits per heavy atom. The summed E-state index contributed by atoms with van der Waals surface area (Å²) < 4.78 is 11.0. The third kappa shape index (κ3) is 6.75. The van der Waals surface area contributed by atoms with Crippen molar-refractivity contribution in [3.05, 3.63) is 57.6 Å². The Morgan fingerprint density at radius 1 is 0.964 bits per heavy atom. The van der Waals surface area contributed by atoms with Crippen LogP contribution < -0.4 is 20.6 Å². The van der Waals surface area contributed by atoms with Gasteiger partial charge in [-0.15, -0.1) is 5.10 Å². The first-order valence-corrected chi connectivity index (χ1v) is 9.29. The maximum atomic E-state index is 5.97. The third-order valence-corrected chi connectivity index (χ3v) is 3.77. The molecule has 7 nitrogen and oxygen atoms in total. The van der Waals surface area contributed by atoms with Crippen LogP contribution in [-0.4, -0.2) is 31.6 Å². The highest BCUT2D eigenvalue weighted by atomic mass is 35.5. The van der Waals surface area contributed by atoms with E-state index in [1.54, 1.807) is 42.6 Å². The molecule has 0 fully saturated rings. The number of rotatable bonds is 8. The van der Waals surface area contributed by atoms with Crippen molar-refractivity contribution in [3.8, 4) is 11.5 Å². The van der Waals surface area contributed by atoms with Gasteiger partial charge in [0.05, 0.1) is 25.6 Å². The lowest BCUT2D eigenvalue weighted by Crippen LogP contribution is -2.26. The van der Waals surface area contributed by atoms with E-state index in [4.69, 9.17) is 38.4 Å². The van der Waals surface area contributed by atoms with Crippen LogP contribution in [0.4, 0.5) is 0 Å². The van der Waals surface area contributed by atoms with E-state index in [0.29, 0.717) is 34.8 Å². The van der Waals surface area contributed by atoms with Gasteiger partial charge in [-0.1, -0.05) is 23.2 Å². The van der Waals surface area contributed by atoms with Crippen LogP contribution in [0.15, 0.2) is 51.7 Å². The Morgan fingerprint density at radius 3 is 2.04 bits per heavy atom. The van der Waals surface area contributed by atoms with Crippen LogP contribution in [-0.2, 0) is 0 Å². The molecule has 0 bridgehead atoms. The summed E-state index contributed by atoms with van der Waals surface area (Å²) in [5.41, 5.74) is 9.82. The van der Waals surface area contributed by atoms with E-state index in [-0.39, 0.29) is 5.96 Å². The normalized spacial score (nSPS) is 11.9. The van der Waals surface area contributed by atoms with E-state index in [1.807, 2.05) is 13.8 Å². The molecule has 2 aromatic rings. The van der Waals surface area contributed by atoms with Crippen molar-refractivity contribution in [2.75, 3.05) is 13.2 Å². The molecular weight excluding hydrogens is 401 g/mol. The topological polar surface area (TPSA) is 93.6 Å². The number of nitrogens with zero attached hydrogens (tertiary/aromatic N) is 3. The summed E-state index contributed by atoms with van der Waals surface area (Å²) in [4.78, 5) is 0. The van der Waals surface area contributed by atoms with Crippen LogP contribution in [0.2, 0.25) is 10.0 Å². The summed E-state index contributed by atoms with van der Waals surface area (Å²) in [6.07, 6.45) is 3.08. The maximum Gasteiger partial charge on any atom is 0.234 e. The maximum absolute atomic E-state index is 5.97. The highest BCUT2D eigenvalue weighted by molar-refractivity contribution is 6.31. The molecule has 0 aliphatic carbocycles. The van der Waals surface area contributed by atoms with E-state index < -0.39 is 0 Å². The molecule has 148 valence electrons. The lowest BCUT2D eigenvalue weighted by molar-refractivity contribution is 0.339. The predicted octanol–water partition coefficient (Wildman–Crippen LogP) is 4.06. The Balaban J connectivity index is 2.02.